The van der Waals surface area contributed by atoms with Gasteiger partial charge < -0.3 is 5.32 Å². The Balaban J connectivity index is 2.13. The Hall–Kier alpha value is -1.48. The third kappa shape index (κ3) is 1.48. The zero-order valence-corrected chi connectivity index (χ0v) is 9.54. The molecule has 2 aromatic rings. The minimum atomic E-state index is 0.769. The van der Waals surface area contributed by atoms with Crippen LogP contribution in [0.5, 0.6) is 0 Å². The molecule has 0 atom stereocenters. The lowest BCUT2D eigenvalue weighted by atomic mass is 10.1. The van der Waals surface area contributed by atoms with Crippen LogP contribution in [0, 0.1) is 0 Å². The Labute approximate surface area is 99.0 Å². The van der Waals surface area contributed by atoms with Gasteiger partial charge in [0.1, 0.15) is 5.82 Å². The molecule has 0 aliphatic carbocycles. The third-order valence-electron chi connectivity index (χ3n) is 2.84. The second kappa shape index (κ2) is 3.83. The van der Waals surface area contributed by atoms with Crippen LogP contribution in [-0.2, 0) is 6.54 Å². The van der Waals surface area contributed by atoms with Crippen molar-refractivity contribution >= 4 is 17.4 Å². The smallest absolute Gasteiger partial charge is 0.132 e. The quantitative estimate of drug-likeness (QED) is 0.821. The highest BCUT2D eigenvalue weighted by Gasteiger charge is 2.16. The SMILES string of the molecule is Clc1ccccc1-c1cnn2c1NCCC2. The second-order valence-corrected chi connectivity index (χ2v) is 4.30. The molecule has 0 saturated heterocycles. The summed E-state index contributed by atoms with van der Waals surface area (Å²) in [5.74, 6) is 1.08. The first-order chi connectivity index (χ1) is 7.86. The topological polar surface area (TPSA) is 29.9 Å². The standard InChI is InChI=1S/C12H12ClN3/c13-11-5-2-1-4-9(11)10-8-15-16-7-3-6-14-12(10)16/h1-2,4-5,8,14H,3,6-7H2. The number of halogens is 1. The monoisotopic (exact) mass is 233 g/mol. The first-order valence-corrected chi connectivity index (χ1v) is 5.78. The number of hydrogen-bond donors (Lipinski definition) is 1. The highest BCUT2D eigenvalue weighted by atomic mass is 35.5. The number of nitrogens with one attached hydrogen (secondary N) is 1. The molecule has 16 heavy (non-hydrogen) atoms. The van der Waals surface area contributed by atoms with E-state index >= 15 is 0 Å². The highest BCUT2D eigenvalue weighted by Crippen LogP contribution is 2.34. The molecule has 1 aromatic heterocycles. The van der Waals surface area contributed by atoms with E-state index in [9.17, 15) is 0 Å². The maximum atomic E-state index is 6.19. The highest BCUT2D eigenvalue weighted by molar-refractivity contribution is 6.33. The Morgan fingerprint density at radius 1 is 1.25 bits per heavy atom. The van der Waals surface area contributed by atoms with Crippen molar-refractivity contribution in [3.05, 3.63) is 35.5 Å². The molecule has 3 nitrogen and oxygen atoms in total. The van der Waals surface area contributed by atoms with E-state index in [1.165, 1.54) is 0 Å². The van der Waals surface area contributed by atoms with E-state index in [-0.39, 0.29) is 0 Å². The van der Waals surface area contributed by atoms with E-state index in [2.05, 4.69) is 10.4 Å². The van der Waals surface area contributed by atoms with E-state index in [0.717, 1.165) is 41.5 Å². The van der Waals surface area contributed by atoms with Crippen molar-refractivity contribution in [1.82, 2.24) is 9.78 Å². The van der Waals surface area contributed by atoms with Gasteiger partial charge >= 0.3 is 0 Å². The summed E-state index contributed by atoms with van der Waals surface area (Å²) in [5.41, 5.74) is 2.13. The molecule has 2 heterocycles. The summed E-state index contributed by atoms with van der Waals surface area (Å²) >= 11 is 6.19. The van der Waals surface area contributed by atoms with Gasteiger partial charge in [-0.2, -0.15) is 5.10 Å². The molecule has 82 valence electrons. The van der Waals surface area contributed by atoms with Crippen LogP contribution in [-0.4, -0.2) is 16.3 Å². The largest absolute Gasteiger partial charge is 0.370 e. The molecule has 1 aliphatic rings. The molecule has 1 N–H and O–H groups in total. The molecular formula is C12H12ClN3. The van der Waals surface area contributed by atoms with Gasteiger partial charge in [-0.3, -0.25) is 0 Å². The summed E-state index contributed by atoms with van der Waals surface area (Å²) in [6.45, 7) is 1.98. The molecule has 1 aromatic carbocycles. The molecular weight excluding hydrogens is 222 g/mol. The van der Waals surface area contributed by atoms with Gasteiger partial charge in [-0.25, -0.2) is 4.68 Å². The van der Waals surface area contributed by atoms with E-state index in [4.69, 9.17) is 11.6 Å². The van der Waals surface area contributed by atoms with Crippen molar-refractivity contribution in [2.75, 3.05) is 11.9 Å². The third-order valence-corrected chi connectivity index (χ3v) is 3.17. The van der Waals surface area contributed by atoms with Crippen LogP contribution in [0.25, 0.3) is 11.1 Å². The van der Waals surface area contributed by atoms with Crippen molar-refractivity contribution in [2.24, 2.45) is 0 Å². The predicted octanol–water partition coefficient (Wildman–Crippen LogP) is 3.02. The van der Waals surface area contributed by atoms with Crippen LogP contribution in [0.1, 0.15) is 6.42 Å². The van der Waals surface area contributed by atoms with E-state index in [1.54, 1.807) is 0 Å². The number of fused-ring (bicyclic) bond motifs is 1. The van der Waals surface area contributed by atoms with E-state index in [1.807, 2.05) is 35.1 Å². The van der Waals surface area contributed by atoms with Crippen molar-refractivity contribution in [3.63, 3.8) is 0 Å². The van der Waals surface area contributed by atoms with Gasteiger partial charge in [0.15, 0.2) is 0 Å². The second-order valence-electron chi connectivity index (χ2n) is 3.89. The average Bonchev–Trinajstić information content (AvgIpc) is 2.74. The van der Waals surface area contributed by atoms with Gasteiger partial charge in [0.2, 0.25) is 0 Å². The number of nitrogens with zero attached hydrogens (tertiary/aromatic N) is 2. The normalized spacial score (nSPS) is 14.3. The molecule has 0 spiro atoms. The molecule has 0 unspecified atom stereocenters. The first kappa shape index (κ1) is 9.73. The molecule has 0 fully saturated rings. The van der Waals surface area contributed by atoms with Crippen molar-refractivity contribution < 1.29 is 0 Å². The first-order valence-electron chi connectivity index (χ1n) is 5.41. The van der Waals surface area contributed by atoms with Crippen molar-refractivity contribution in [1.29, 1.82) is 0 Å². The zero-order valence-electron chi connectivity index (χ0n) is 8.78. The Kier molecular flexibility index (Phi) is 2.33. The summed E-state index contributed by atoms with van der Waals surface area (Å²) in [6, 6.07) is 7.86. The fraction of sp³-hybridized carbons (Fsp3) is 0.250. The molecule has 0 amide bonds. The minimum Gasteiger partial charge on any atom is -0.370 e. The minimum absolute atomic E-state index is 0.769. The summed E-state index contributed by atoms with van der Waals surface area (Å²) in [7, 11) is 0. The van der Waals surface area contributed by atoms with Gasteiger partial charge in [-0.15, -0.1) is 0 Å². The number of benzene rings is 1. The van der Waals surface area contributed by atoms with Gasteiger partial charge in [-0.1, -0.05) is 29.8 Å². The van der Waals surface area contributed by atoms with Gasteiger partial charge in [0.05, 0.1) is 6.20 Å². The van der Waals surface area contributed by atoms with Crippen molar-refractivity contribution in [3.8, 4) is 11.1 Å². The summed E-state index contributed by atoms with van der Waals surface area (Å²) in [4.78, 5) is 0. The molecule has 3 rings (SSSR count). The van der Waals surface area contributed by atoms with Crippen LogP contribution in [0.2, 0.25) is 5.02 Å². The number of anilines is 1. The predicted molar refractivity (Wildman–Crippen MR) is 65.8 cm³/mol. The number of aryl methyl sites for hydroxylation is 1. The van der Waals surface area contributed by atoms with Gasteiger partial charge in [-0.05, 0) is 12.5 Å². The molecule has 0 radical (unpaired) electrons. The van der Waals surface area contributed by atoms with E-state index < -0.39 is 0 Å². The van der Waals surface area contributed by atoms with Crippen molar-refractivity contribution in [2.45, 2.75) is 13.0 Å². The average molecular weight is 234 g/mol. The fourth-order valence-corrected chi connectivity index (χ4v) is 2.29. The van der Waals surface area contributed by atoms with Crippen LogP contribution >= 0.6 is 11.6 Å². The van der Waals surface area contributed by atoms with Gasteiger partial charge in [0.25, 0.3) is 0 Å². The lowest BCUT2D eigenvalue weighted by Gasteiger charge is -2.17. The molecule has 1 aliphatic heterocycles. The summed E-state index contributed by atoms with van der Waals surface area (Å²) in [6.07, 6.45) is 3.01. The van der Waals surface area contributed by atoms with Gasteiger partial charge in [0, 0.05) is 29.2 Å². The number of rotatable bonds is 1. The van der Waals surface area contributed by atoms with E-state index in [0.29, 0.717) is 0 Å². The molecule has 0 saturated carbocycles. The van der Waals surface area contributed by atoms with Crippen LogP contribution in [0.15, 0.2) is 30.5 Å². The Morgan fingerprint density at radius 2 is 2.12 bits per heavy atom. The number of hydrogen-bond acceptors (Lipinski definition) is 2. The lowest BCUT2D eigenvalue weighted by Crippen LogP contribution is -2.17. The zero-order chi connectivity index (χ0) is 11.0. The summed E-state index contributed by atoms with van der Waals surface area (Å²) in [5, 5.41) is 8.52. The Bertz CT molecular complexity index is 519. The molecule has 4 heteroatoms. The van der Waals surface area contributed by atoms with Crippen LogP contribution < -0.4 is 5.32 Å². The lowest BCUT2D eigenvalue weighted by molar-refractivity contribution is 0.568. The maximum absolute atomic E-state index is 6.19. The number of aromatic nitrogens is 2. The fourth-order valence-electron chi connectivity index (χ4n) is 2.05. The maximum Gasteiger partial charge on any atom is 0.132 e. The van der Waals surface area contributed by atoms with Crippen LogP contribution in [0.4, 0.5) is 5.82 Å². The summed E-state index contributed by atoms with van der Waals surface area (Å²) < 4.78 is 2.00. The molecule has 0 bridgehead atoms. The Morgan fingerprint density at radius 3 is 3.00 bits per heavy atom. The van der Waals surface area contributed by atoms with Crippen LogP contribution in [0.3, 0.4) is 0 Å².